The van der Waals surface area contributed by atoms with Crippen molar-refractivity contribution >= 4 is 40.5 Å². The molecule has 1 fully saturated rings. The van der Waals surface area contributed by atoms with E-state index in [1.165, 1.54) is 42.6 Å². The fraction of sp³-hybridized carbons (Fsp3) is 0.250. The number of amides is 1. The zero-order valence-electron chi connectivity index (χ0n) is 17.8. The van der Waals surface area contributed by atoms with Crippen molar-refractivity contribution in [2.24, 2.45) is 0 Å². The minimum atomic E-state index is -2.93. The number of aromatic nitrogens is 1. The van der Waals surface area contributed by atoms with E-state index in [1.54, 1.807) is 17.0 Å². The van der Waals surface area contributed by atoms with E-state index < -0.39 is 6.61 Å². The monoisotopic (exact) mass is 509 g/mol. The van der Waals surface area contributed by atoms with Crippen LogP contribution >= 0.6 is 23.2 Å². The molecule has 3 aromatic rings. The summed E-state index contributed by atoms with van der Waals surface area (Å²) in [4.78, 5) is 19.1. The second-order valence-corrected chi connectivity index (χ2v) is 8.53. The van der Waals surface area contributed by atoms with Crippen LogP contribution in [0.4, 0.5) is 24.5 Å². The number of benzene rings is 2. The Morgan fingerprint density at radius 1 is 1.06 bits per heavy atom. The lowest BCUT2D eigenvalue weighted by Crippen LogP contribution is -2.38. The number of hydrogen-bond donors (Lipinski definition) is 1. The summed E-state index contributed by atoms with van der Waals surface area (Å²) in [5.41, 5.74) is 2.05. The second kappa shape index (κ2) is 10.5. The van der Waals surface area contributed by atoms with Gasteiger partial charge in [-0.15, -0.1) is 0 Å². The fourth-order valence-electron chi connectivity index (χ4n) is 3.93. The fourth-order valence-corrected chi connectivity index (χ4v) is 4.27. The van der Waals surface area contributed by atoms with Gasteiger partial charge in [0.2, 0.25) is 0 Å². The summed E-state index contributed by atoms with van der Waals surface area (Å²) in [6, 6.07) is 12.2. The van der Waals surface area contributed by atoms with Gasteiger partial charge in [0.25, 0.3) is 5.91 Å². The summed E-state index contributed by atoms with van der Waals surface area (Å²) in [5.74, 6) is -0.300. The van der Waals surface area contributed by atoms with Crippen LogP contribution in [0.3, 0.4) is 0 Å². The number of nitrogens with one attached hydrogen (secondary N) is 1. The number of nitrogens with zero attached hydrogens (tertiary/aromatic N) is 2. The number of likely N-dealkylation sites (tertiary alicyclic amines) is 1. The van der Waals surface area contributed by atoms with Crippen molar-refractivity contribution in [2.75, 3.05) is 18.4 Å². The van der Waals surface area contributed by atoms with Crippen molar-refractivity contribution < 1.29 is 22.7 Å². The highest BCUT2D eigenvalue weighted by Gasteiger charge is 2.27. The average molecular weight is 510 g/mol. The molecule has 2 aromatic carbocycles. The highest BCUT2D eigenvalue weighted by molar-refractivity contribution is 6.43. The summed E-state index contributed by atoms with van der Waals surface area (Å²) in [6.45, 7) is -1.90. The number of alkyl halides is 2. The minimum Gasteiger partial charge on any atom is -0.435 e. The number of anilines is 2. The predicted molar refractivity (Wildman–Crippen MR) is 125 cm³/mol. The highest BCUT2D eigenvalue weighted by Crippen LogP contribution is 2.36. The molecule has 0 unspecified atom stereocenters. The van der Waals surface area contributed by atoms with E-state index in [4.69, 9.17) is 23.2 Å². The molecule has 1 saturated heterocycles. The summed E-state index contributed by atoms with van der Waals surface area (Å²) in [6.07, 6.45) is 2.83. The van der Waals surface area contributed by atoms with Crippen LogP contribution in [0, 0.1) is 5.82 Å². The predicted octanol–water partition coefficient (Wildman–Crippen LogP) is 6.89. The lowest BCUT2D eigenvalue weighted by molar-refractivity contribution is -0.0498. The lowest BCUT2D eigenvalue weighted by atomic mass is 9.89. The third-order valence-electron chi connectivity index (χ3n) is 5.68. The van der Waals surface area contributed by atoms with Crippen LogP contribution in [-0.4, -0.2) is 35.5 Å². The summed E-state index contributed by atoms with van der Waals surface area (Å²) in [7, 11) is 0. The maximum atomic E-state index is 13.3. The van der Waals surface area contributed by atoms with E-state index in [2.05, 4.69) is 15.0 Å². The van der Waals surface area contributed by atoms with Crippen molar-refractivity contribution in [1.29, 1.82) is 0 Å². The van der Waals surface area contributed by atoms with Gasteiger partial charge in [-0.1, -0.05) is 35.3 Å². The SMILES string of the molecule is O=C(c1cnc(Cl)c(Cl)c1Nc1ccc(OC(F)F)cc1)N1CCC(c2ccc(F)cc2)CC1. The molecule has 34 heavy (non-hydrogen) atoms. The smallest absolute Gasteiger partial charge is 0.387 e. The molecular weight excluding hydrogens is 490 g/mol. The molecule has 1 N–H and O–H groups in total. The number of carbonyl (C=O) groups is 1. The van der Waals surface area contributed by atoms with Gasteiger partial charge in [-0.25, -0.2) is 9.37 Å². The standard InChI is InChI=1S/C24H20Cl2F3N3O2/c25-20-21(31-17-5-7-18(8-6-17)34-24(28)29)19(13-30-22(20)26)23(33)32-11-9-15(10-12-32)14-1-3-16(27)4-2-14/h1-8,13,15,24H,9-12H2,(H,30,31). The normalized spacial score (nSPS) is 14.4. The molecule has 0 bridgehead atoms. The zero-order chi connectivity index (χ0) is 24.2. The number of pyridine rings is 1. The van der Waals surface area contributed by atoms with Gasteiger partial charge in [0, 0.05) is 25.0 Å². The first-order valence-electron chi connectivity index (χ1n) is 10.5. The maximum Gasteiger partial charge on any atom is 0.387 e. The minimum absolute atomic E-state index is 0.000247. The Morgan fingerprint density at radius 2 is 1.71 bits per heavy atom. The molecule has 178 valence electrons. The molecule has 2 heterocycles. The molecule has 1 aliphatic heterocycles. The first-order valence-corrected chi connectivity index (χ1v) is 11.3. The molecule has 1 aromatic heterocycles. The molecule has 10 heteroatoms. The van der Waals surface area contributed by atoms with Crippen molar-refractivity contribution in [3.8, 4) is 5.75 Å². The molecule has 5 nitrogen and oxygen atoms in total. The molecule has 0 radical (unpaired) electrons. The van der Waals surface area contributed by atoms with E-state index in [-0.39, 0.29) is 44.8 Å². The van der Waals surface area contributed by atoms with Gasteiger partial charge in [-0.05, 0) is 60.7 Å². The van der Waals surface area contributed by atoms with Crippen LogP contribution in [0.1, 0.15) is 34.7 Å². The summed E-state index contributed by atoms with van der Waals surface area (Å²) < 4.78 is 42.3. The number of halogens is 5. The van der Waals surface area contributed by atoms with Crippen molar-refractivity contribution in [3.63, 3.8) is 0 Å². The molecular formula is C24H20Cl2F3N3O2. The van der Waals surface area contributed by atoms with Gasteiger partial charge in [0.1, 0.15) is 21.7 Å². The van der Waals surface area contributed by atoms with E-state index >= 15 is 0 Å². The molecule has 0 aliphatic carbocycles. The van der Waals surface area contributed by atoms with Gasteiger partial charge >= 0.3 is 6.61 Å². The Bertz CT molecular complexity index is 1150. The van der Waals surface area contributed by atoms with Crippen LogP contribution < -0.4 is 10.1 Å². The summed E-state index contributed by atoms with van der Waals surface area (Å²) >= 11 is 12.5. The van der Waals surface area contributed by atoms with Gasteiger partial charge < -0.3 is 15.0 Å². The number of rotatable bonds is 6. The van der Waals surface area contributed by atoms with Crippen LogP contribution in [0.5, 0.6) is 5.75 Å². The lowest BCUT2D eigenvalue weighted by Gasteiger charge is -2.32. The van der Waals surface area contributed by atoms with E-state index in [0.29, 0.717) is 18.8 Å². The largest absolute Gasteiger partial charge is 0.435 e. The van der Waals surface area contributed by atoms with Gasteiger partial charge in [-0.2, -0.15) is 8.78 Å². The topological polar surface area (TPSA) is 54.5 Å². The zero-order valence-corrected chi connectivity index (χ0v) is 19.3. The Hall–Kier alpha value is -2.97. The van der Waals surface area contributed by atoms with Crippen molar-refractivity contribution in [3.05, 3.63) is 81.8 Å². The Morgan fingerprint density at radius 3 is 2.32 bits per heavy atom. The molecule has 4 rings (SSSR count). The highest BCUT2D eigenvalue weighted by atomic mass is 35.5. The van der Waals surface area contributed by atoms with Crippen LogP contribution in [-0.2, 0) is 0 Å². The maximum absolute atomic E-state index is 13.3. The molecule has 1 aliphatic rings. The number of piperidine rings is 1. The van der Waals surface area contributed by atoms with Gasteiger partial charge in [0.15, 0.2) is 0 Å². The number of hydrogen-bond acceptors (Lipinski definition) is 4. The Labute approximate surface area is 204 Å². The average Bonchev–Trinajstić information content (AvgIpc) is 2.83. The molecule has 0 saturated carbocycles. The Kier molecular flexibility index (Phi) is 7.48. The van der Waals surface area contributed by atoms with E-state index in [0.717, 1.165) is 18.4 Å². The molecule has 0 atom stereocenters. The Balaban J connectivity index is 1.50. The third kappa shape index (κ3) is 5.56. The van der Waals surface area contributed by atoms with Crippen molar-refractivity contribution in [2.45, 2.75) is 25.4 Å². The molecule has 1 amide bonds. The number of ether oxygens (including phenoxy) is 1. The van der Waals surface area contributed by atoms with Crippen LogP contribution in [0.2, 0.25) is 10.2 Å². The van der Waals surface area contributed by atoms with Crippen LogP contribution in [0.15, 0.2) is 54.7 Å². The van der Waals surface area contributed by atoms with Crippen molar-refractivity contribution in [1.82, 2.24) is 9.88 Å². The first kappa shape index (κ1) is 24.2. The summed E-state index contributed by atoms with van der Waals surface area (Å²) in [5, 5.41) is 3.13. The first-order chi connectivity index (χ1) is 16.3. The van der Waals surface area contributed by atoms with Gasteiger partial charge in [-0.3, -0.25) is 4.79 Å². The second-order valence-electron chi connectivity index (χ2n) is 7.80. The van der Waals surface area contributed by atoms with Crippen LogP contribution in [0.25, 0.3) is 0 Å². The van der Waals surface area contributed by atoms with E-state index in [9.17, 15) is 18.0 Å². The molecule has 0 spiro atoms. The van der Waals surface area contributed by atoms with Gasteiger partial charge in [0.05, 0.1) is 11.3 Å². The quantitative estimate of drug-likeness (QED) is 0.367. The van der Waals surface area contributed by atoms with E-state index in [1.807, 2.05) is 0 Å². The number of carbonyl (C=O) groups excluding carboxylic acids is 1. The third-order valence-corrected chi connectivity index (χ3v) is 6.43.